The first-order chi connectivity index (χ1) is 11.6. The fourth-order valence-corrected chi connectivity index (χ4v) is 3.13. The lowest BCUT2D eigenvalue weighted by molar-refractivity contribution is -0.138. The van der Waals surface area contributed by atoms with Crippen molar-refractivity contribution in [3.8, 4) is 11.3 Å². The Morgan fingerprint density at radius 3 is 2.92 bits per heavy atom. The minimum atomic E-state index is -0.765. The molecule has 1 fully saturated rings. The van der Waals surface area contributed by atoms with Gasteiger partial charge in [0.25, 0.3) is 0 Å². The molecule has 0 spiro atoms. The van der Waals surface area contributed by atoms with E-state index in [1.54, 1.807) is 18.3 Å². The number of carbonyl (C=O) groups is 1. The summed E-state index contributed by atoms with van der Waals surface area (Å²) in [4.78, 5) is 13.2. The van der Waals surface area contributed by atoms with Gasteiger partial charge < -0.3 is 10.4 Å². The number of nitrogens with one attached hydrogen (secondary N) is 2. The number of hydrogen-bond donors (Lipinski definition) is 3. The summed E-state index contributed by atoms with van der Waals surface area (Å²) in [5, 5.41) is 19.4. The molecular weight excluding hydrogens is 311 g/mol. The molecule has 1 saturated heterocycles. The van der Waals surface area contributed by atoms with Crippen molar-refractivity contribution >= 4 is 5.97 Å². The fourth-order valence-electron chi connectivity index (χ4n) is 3.13. The van der Waals surface area contributed by atoms with E-state index in [1.165, 1.54) is 12.1 Å². The Balaban J connectivity index is 1.72. The molecule has 6 nitrogen and oxygen atoms in total. The summed E-state index contributed by atoms with van der Waals surface area (Å²) in [6.07, 6.45) is 1.95. The van der Waals surface area contributed by atoms with Crippen LogP contribution in [0.4, 0.5) is 4.39 Å². The Labute approximate surface area is 139 Å². The monoisotopic (exact) mass is 332 g/mol. The first kappa shape index (κ1) is 16.6. The van der Waals surface area contributed by atoms with Crippen LogP contribution in [-0.4, -0.2) is 52.4 Å². The first-order valence-electron chi connectivity index (χ1n) is 8.05. The van der Waals surface area contributed by atoms with Gasteiger partial charge in [-0.15, -0.1) is 0 Å². The highest BCUT2D eigenvalue weighted by Crippen LogP contribution is 2.23. The largest absolute Gasteiger partial charge is 0.481 e. The molecule has 0 amide bonds. The molecule has 7 heteroatoms. The third-order valence-corrected chi connectivity index (χ3v) is 4.26. The molecule has 1 aromatic heterocycles. The topological polar surface area (TPSA) is 81.2 Å². The summed E-state index contributed by atoms with van der Waals surface area (Å²) < 4.78 is 13.1. The summed E-state index contributed by atoms with van der Waals surface area (Å²) in [6, 6.07) is 6.31. The van der Waals surface area contributed by atoms with E-state index in [4.69, 9.17) is 5.11 Å². The number of nitrogens with zero attached hydrogens (tertiary/aromatic N) is 2. The quantitative estimate of drug-likeness (QED) is 0.777. The maximum atomic E-state index is 13.1. The summed E-state index contributed by atoms with van der Waals surface area (Å²) >= 11 is 0. The Hall–Kier alpha value is -2.25. The molecule has 0 unspecified atom stereocenters. The summed E-state index contributed by atoms with van der Waals surface area (Å²) in [5.74, 6) is -0.944. The number of halogens is 1. The standard InChI is InChI=1S/C17H21FN4O2/c18-15-3-1-13(2-4-15)17-14(9-20-21-17)11-22-6-5-19-8-12(10-22)7-16(23)24/h1-4,9,12,19H,5-8,10-11H2,(H,20,21)(H,23,24)/t12-/m0/s1. The van der Waals surface area contributed by atoms with Gasteiger partial charge in [-0.25, -0.2) is 4.39 Å². The molecule has 0 aliphatic carbocycles. The molecule has 0 saturated carbocycles. The Kier molecular flexibility index (Phi) is 5.22. The molecule has 1 aliphatic rings. The van der Waals surface area contributed by atoms with Crippen molar-refractivity contribution < 1.29 is 14.3 Å². The number of H-pyrrole nitrogens is 1. The van der Waals surface area contributed by atoms with E-state index in [-0.39, 0.29) is 18.2 Å². The number of hydrogen-bond acceptors (Lipinski definition) is 4. The van der Waals surface area contributed by atoms with Gasteiger partial charge in [-0.05, 0) is 36.7 Å². The van der Waals surface area contributed by atoms with E-state index in [1.807, 2.05) is 0 Å². The minimum Gasteiger partial charge on any atom is -0.481 e. The molecule has 1 atom stereocenters. The highest BCUT2D eigenvalue weighted by Gasteiger charge is 2.21. The zero-order chi connectivity index (χ0) is 16.9. The van der Waals surface area contributed by atoms with Crippen molar-refractivity contribution in [3.63, 3.8) is 0 Å². The van der Waals surface area contributed by atoms with E-state index in [0.717, 1.165) is 43.0 Å². The fraction of sp³-hybridized carbons (Fsp3) is 0.412. The van der Waals surface area contributed by atoms with E-state index < -0.39 is 5.97 Å². The SMILES string of the molecule is O=C(O)C[C@H]1CNCCN(Cc2cn[nH]c2-c2ccc(F)cc2)C1. The normalized spacial score (nSPS) is 19.1. The van der Waals surface area contributed by atoms with Crippen LogP contribution in [0, 0.1) is 11.7 Å². The molecule has 2 heterocycles. The molecule has 24 heavy (non-hydrogen) atoms. The Bertz CT molecular complexity index is 686. The highest BCUT2D eigenvalue weighted by molar-refractivity contribution is 5.67. The van der Waals surface area contributed by atoms with E-state index >= 15 is 0 Å². The number of benzene rings is 1. The molecule has 1 aliphatic heterocycles. The van der Waals surface area contributed by atoms with Crippen molar-refractivity contribution in [1.82, 2.24) is 20.4 Å². The molecule has 128 valence electrons. The number of rotatable bonds is 5. The van der Waals surface area contributed by atoms with Gasteiger partial charge in [-0.1, -0.05) is 0 Å². The van der Waals surface area contributed by atoms with Crippen molar-refractivity contribution in [2.45, 2.75) is 13.0 Å². The van der Waals surface area contributed by atoms with Gasteiger partial charge in [0.05, 0.1) is 18.3 Å². The number of aromatic nitrogens is 2. The second kappa shape index (κ2) is 7.55. The number of aromatic amines is 1. The molecule has 3 rings (SSSR count). The molecule has 0 radical (unpaired) electrons. The van der Waals surface area contributed by atoms with Crippen LogP contribution in [0.2, 0.25) is 0 Å². The van der Waals surface area contributed by atoms with E-state index in [2.05, 4.69) is 20.4 Å². The lowest BCUT2D eigenvalue weighted by Crippen LogP contribution is -2.30. The van der Waals surface area contributed by atoms with Crippen LogP contribution in [0.1, 0.15) is 12.0 Å². The van der Waals surface area contributed by atoms with Gasteiger partial charge in [-0.3, -0.25) is 14.8 Å². The maximum absolute atomic E-state index is 13.1. The molecule has 3 N–H and O–H groups in total. The maximum Gasteiger partial charge on any atom is 0.303 e. The molecular formula is C17H21FN4O2. The third-order valence-electron chi connectivity index (χ3n) is 4.26. The van der Waals surface area contributed by atoms with Crippen LogP contribution in [0.25, 0.3) is 11.3 Å². The van der Waals surface area contributed by atoms with Gasteiger partial charge in [-0.2, -0.15) is 5.10 Å². The predicted molar refractivity (Wildman–Crippen MR) is 87.9 cm³/mol. The van der Waals surface area contributed by atoms with Crippen LogP contribution < -0.4 is 5.32 Å². The van der Waals surface area contributed by atoms with E-state index in [0.29, 0.717) is 6.54 Å². The number of aliphatic carboxylic acids is 1. The number of carboxylic acid groups (broad SMARTS) is 1. The predicted octanol–water partition coefficient (Wildman–Crippen LogP) is 1.71. The average Bonchev–Trinajstić information content (AvgIpc) is 2.88. The lowest BCUT2D eigenvalue weighted by atomic mass is 10.0. The van der Waals surface area contributed by atoms with Crippen molar-refractivity contribution in [2.75, 3.05) is 26.2 Å². The summed E-state index contributed by atoms with van der Waals surface area (Å²) in [7, 11) is 0. The smallest absolute Gasteiger partial charge is 0.303 e. The van der Waals surface area contributed by atoms with E-state index in [9.17, 15) is 9.18 Å². The summed E-state index contributed by atoms with van der Waals surface area (Å²) in [5.41, 5.74) is 2.79. The highest BCUT2D eigenvalue weighted by atomic mass is 19.1. The van der Waals surface area contributed by atoms with Crippen LogP contribution in [0.15, 0.2) is 30.5 Å². The minimum absolute atomic E-state index is 0.0890. The van der Waals surface area contributed by atoms with Gasteiger partial charge in [0.2, 0.25) is 0 Å². The van der Waals surface area contributed by atoms with Crippen LogP contribution in [0.3, 0.4) is 0 Å². The molecule has 2 aromatic rings. The zero-order valence-corrected chi connectivity index (χ0v) is 13.3. The van der Waals surface area contributed by atoms with Gasteiger partial charge >= 0.3 is 5.97 Å². The van der Waals surface area contributed by atoms with Gasteiger partial charge in [0, 0.05) is 37.3 Å². The van der Waals surface area contributed by atoms with Gasteiger partial charge in [0.1, 0.15) is 5.82 Å². The average molecular weight is 332 g/mol. The first-order valence-corrected chi connectivity index (χ1v) is 8.05. The lowest BCUT2D eigenvalue weighted by Gasteiger charge is -2.23. The Morgan fingerprint density at radius 1 is 1.38 bits per heavy atom. The van der Waals surface area contributed by atoms with Crippen molar-refractivity contribution in [2.24, 2.45) is 5.92 Å². The zero-order valence-electron chi connectivity index (χ0n) is 13.3. The third kappa shape index (κ3) is 4.18. The molecule has 1 aromatic carbocycles. The second-order valence-electron chi connectivity index (χ2n) is 6.18. The van der Waals surface area contributed by atoms with Crippen LogP contribution >= 0.6 is 0 Å². The van der Waals surface area contributed by atoms with Crippen LogP contribution in [-0.2, 0) is 11.3 Å². The number of carboxylic acids is 1. The van der Waals surface area contributed by atoms with Crippen molar-refractivity contribution in [3.05, 3.63) is 41.8 Å². The molecule has 0 bridgehead atoms. The van der Waals surface area contributed by atoms with Crippen molar-refractivity contribution in [1.29, 1.82) is 0 Å². The summed E-state index contributed by atoms with van der Waals surface area (Å²) in [6.45, 7) is 3.82. The van der Waals surface area contributed by atoms with Crippen LogP contribution in [0.5, 0.6) is 0 Å². The van der Waals surface area contributed by atoms with Gasteiger partial charge in [0.15, 0.2) is 0 Å². The Morgan fingerprint density at radius 2 is 2.17 bits per heavy atom. The second-order valence-corrected chi connectivity index (χ2v) is 6.18.